The zero-order valence-electron chi connectivity index (χ0n) is 10.8. The van der Waals surface area contributed by atoms with Gasteiger partial charge in [0, 0.05) is 28.8 Å². The Hall–Kier alpha value is -2.95. The molecular weight excluding hydrogens is 252 g/mol. The second-order valence-electron chi connectivity index (χ2n) is 4.34. The SMILES string of the molecule is Nc1cccc(NC(=O)/C=C\c2cc(N)ccc2N)c1. The summed E-state index contributed by atoms with van der Waals surface area (Å²) in [6, 6.07) is 12.1. The molecule has 20 heavy (non-hydrogen) atoms. The predicted octanol–water partition coefficient (Wildman–Crippen LogP) is 2.09. The molecule has 0 saturated carbocycles. The largest absolute Gasteiger partial charge is 0.399 e. The van der Waals surface area contributed by atoms with Gasteiger partial charge in [0.25, 0.3) is 0 Å². The molecule has 0 unspecified atom stereocenters. The van der Waals surface area contributed by atoms with Gasteiger partial charge in [-0.05, 0) is 48.0 Å². The van der Waals surface area contributed by atoms with Gasteiger partial charge in [0.05, 0.1) is 0 Å². The fraction of sp³-hybridized carbons (Fsp3) is 0. The summed E-state index contributed by atoms with van der Waals surface area (Å²) in [5, 5.41) is 2.71. The Kier molecular flexibility index (Phi) is 3.91. The molecule has 0 aliphatic heterocycles. The molecule has 0 aliphatic carbocycles. The van der Waals surface area contributed by atoms with Crippen LogP contribution < -0.4 is 22.5 Å². The number of nitrogens with two attached hydrogens (primary N) is 3. The molecule has 7 N–H and O–H groups in total. The van der Waals surface area contributed by atoms with E-state index in [-0.39, 0.29) is 5.91 Å². The summed E-state index contributed by atoms with van der Waals surface area (Å²) in [5.41, 5.74) is 20.2. The summed E-state index contributed by atoms with van der Waals surface area (Å²) >= 11 is 0. The number of nitrogen functional groups attached to an aromatic ring is 3. The molecule has 2 aromatic carbocycles. The molecule has 0 heterocycles. The summed E-state index contributed by atoms with van der Waals surface area (Å²) in [6.45, 7) is 0. The maximum atomic E-state index is 11.8. The molecule has 102 valence electrons. The fourth-order valence-corrected chi connectivity index (χ4v) is 1.70. The van der Waals surface area contributed by atoms with Gasteiger partial charge in [0.15, 0.2) is 0 Å². The number of rotatable bonds is 3. The molecule has 0 saturated heterocycles. The van der Waals surface area contributed by atoms with Crippen LogP contribution in [0.3, 0.4) is 0 Å². The van der Waals surface area contributed by atoms with Crippen LogP contribution in [0.1, 0.15) is 5.56 Å². The lowest BCUT2D eigenvalue weighted by Crippen LogP contribution is -2.08. The van der Waals surface area contributed by atoms with Crippen LogP contribution in [0.15, 0.2) is 48.5 Å². The van der Waals surface area contributed by atoms with Crippen molar-refractivity contribution in [3.05, 3.63) is 54.1 Å². The summed E-state index contributed by atoms with van der Waals surface area (Å²) in [5.74, 6) is -0.266. The van der Waals surface area contributed by atoms with E-state index in [0.29, 0.717) is 28.3 Å². The van der Waals surface area contributed by atoms with Gasteiger partial charge >= 0.3 is 0 Å². The van der Waals surface area contributed by atoms with Crippen molar-refractivity contribution in [3.63, 3.8) is 0 Å². The van der Waals surface area contributed by atoms with E-state index in [0.717, 1.165) is 0 Å². The third kappa shape index (κ3) is 3.52. The Labute approximate surface area is 117 Å². The van der Waals surface area contributed by atoms with E-state index in [1.807, 2.05) is 0 Å². The molecule has 5 nitrogen and oxygen atoms in total. The topological polar surface area (TPSA) is 107 Å². The second-order valence-corrected chi connectivity index (χ2v) is 4.34. The van der Waals surface area contributed by atoms with Gasteiger partial charge in [-0.2, -0.15) is 0 Å². The molecule has 0 spiro atoms. The Bertz CT molecular complexity index is 665. The van der Waals surface area contributed by atoms with E-state index in [4.69, 9.17) is 17.2 Å². The maximum absolute atomic E-state index is 11.8. The number of carbonyl (C=O) groups excluding carboxylic acids is 1. The second kappa shape index (κ2) is 5.79. The molecule has 0 aliphatic rings. The summed E-state index contributed by atoms with van der Waals surface area (Å²) in [7, 11) is 0. The van der Waals surface area contributed by atoms with Crippen LogP contribution in [0, 0.1) is 0 Å². The number of amides is 1. The van der Waals surface area contributed by atoms with Gasteiger partial charge in [0.2, 0.25) is 5.91 Å². The van der Waals surface area contributed by atoms with E-state index in [2.05, 4.69) is 5.32 Å². The van der Waals surface area contributed by atoms with Gasteiger partial charge in [-0.15, -0.1) is 0 Å². The fourth-order valence-electron chi connectivity index (χ4n) is 1.70. The van der Waals surface area contributed by atoms with Gasteiger partial charge in [0.1, 0.15) is 0 Å². The third-order valence-corrected chi connectivity index (χ3v) is 2.68. The molecule has 0 bridgehead atoms. The Balaban J connectivity index is 2.07. The quantitative estimate of drug-likeness (QED) is 0.505. The molecule has 0 radical (unpaired) electrons. The first-order chi connectivity index (χ1) is 9.54. The molecule has 2 rings (SSSR count). The number of nitrogens with one attached hydrogen (secondary N) is 1. The third-order valence-electron chi connectivity index (χ3n) is 2.68. The highest BCUT2D eigenvalue weighted by Crippen LogP contribution is 2.17. The van der Waals surface area contributed by atoms with Gasteiger partial charge in [-0.3, -0.25) is 4.79 Å². The zero-order chi connectivity index (χ0) is 14.5. The highest BCUT2D eigenvalue weighted by atomic mass is 16.1. The molecule has 0 atom stereocenters. The van der Waals surface area contributed by atoms with E-state index >= 15 is 0 Å². The van der Waals surface area contributed by atoms with Crippen LogP contribution in [0.5, 0.6) is 0 Å². The lowest BCUT2D eigenvalue weighted by Gasteiger charge is -2.04. The van der Waals surface area contributed by atoms with Crippen LogP contribution in [0.2, 0.25) is 0 Å². The average molecular weight is 268 g/mol. The van der Waals surface area contributed by atoms with Crippen LogP contribution in [-0.2, 0) is 4.79 Å². The Morgan fingerprint density at radius 3 is 2.50 bits per heavy atom. The van der Waals surface area contributed by atoms with Crippen molar-refractivity contribution < 1.29 is 4.79 Å². The first-order valence-electron chi connectivity index (χ1n) is 6.04. The molecule has 2 aromatic rings. The van der Waals surface area contributed by atoms with Crippen molar-refractivity contribution in [1.82, 2.24) is 0 Å². The van der Waals surface area contributed by atoms with Crippen molar-refractivity contribution in [2.75, 3.05) is 22.5 Å². The van der Waals surface area contributed by atoms with Crippen LogP contribution >= 0.6 is 0 Å². The smallest absolute Gasteiger partial charge is 0.248 e. The van der Waals surface area contributed by atoms with Crippen LogP contribution in [-0.4, -0.2) is 5.91 Å². The lowest BCUT2D eigenvalue weighted by atomic mass is 10.1. The normalized spacial score (nSPS) is 10.6. The van der Waals surface area contributed by atoms with Crippen molar-refractivity contribution in [2.24, 2.45) is 0 Å². The number of hydrogen-bond donors (Lipinski definition) is 4. The van der Waals surface area contributed by atoms with Crippen molar-refractivity contribution in [2.45, 2.75) is 0 Å². The van der Waals surface area contributed by atoms with Gasteiger partial charge in [-0.1, -0.05) is 6.07 Å². The summed E-state index contributed by atoms with van der Waals surface area (Å²) < 4.78 is 0. The summed E-state index contributed by atoms with van der Waals surface area (Å²) in [4.78, 5) is 11.8. The Morgan fingerprint density at radius 1 is 1.00 bits per heavy atom. The van der Waals surface area contributed by atoms with Crippen LogP contribution in [0.4, 0.5) is 22.7 Å². The first kappa shape index (κ1) is 13.5. The lowest BCUT2D eigenvalue weighted by molar-refractivity contribution is -0.111. The number of benzene rings is 2. The zero-order valence-corrected chi connectivity index (χ0v) is 10.8. The Morgan fingerprint density at radius 2 is 1.75 bits per heavy atom. The molecule has 5 heteroatoms. The number of carbonyl (C=O) groups is 1. The number of anilines is 4. The maximum Gasteiger partial charge on any atom is 0.248 e. The minimum Gasteiger partial charge on any atom is -0.399 e. The standard InChI is InChI=1S/C15H16N4O/c16-11-2-1-3-13(9-11)19-15(20)7-4-10-8-12(17)5-6-14(10)18/h1-9H,16-18H2,(H,19,20)/b7-4-. The highest BCUT2D eigenvalue weighted by Gasteiger charge is 2.00. The van der Waals surface area contributed by atoms with Crippen LogP contribution in [0.25, 0.3) is 6.08 Å². The van der Waals surface area contributed by atoms with Crippen molar-refractivity contribution in [3.8, 4) is 0 Å². The summed E-state index contributed by atoms with van der Waals surface area (Å²) in [6.07, 6.45) is 3.02. The van der Waals surface area contributed by atoms with E-state index in [1.54, 1.807) is 48.5 Å². The van der Waals surface area contributed by atoms with Crippen molar-refractivity contribution in [1.29, 1.82) is 0 Å². The monoisotopic (exact) mass is 268 g/mol. The molecular formula is C15H16N4O. The minimum atomic E-state index is -0.266. The van der Waals surface area contributed by atoms with E-state index in [1.165, 1.54) is 6.08 Å². The van der Waals surface area contributed by atoms with E-state index < -0.39 is 0 Å². The molecule has 0 aromatic heterocycles. The van der Waals surface area contributed by atoms with Gasteiger partial charge in [-0.25, -0.2) is 0 Å². The predicted molar refractivity (Wildman–Crippen MR) is 83.8 cm³/mol. The highest BCUT2D eigenvalue weighted by molar-refractivity contribution is 6.02. The van der Waals surface area contributed by atoms with E-state index in [9.17, 15) is 4.79 Å². The molecule has 0 fully saturated rings. The molecule has 1 amide bonds. The average Bonchev–Trinajstić information content (AvgIpc) is 2.40. The van der Waals surface area contributed by atoms with Gasteiger partial charge < -0.3 is 22.5 Å². The first-order valence-corrected chi connectivity index (χ1v) is 6.04. The number of hydrogen-bond acceptors (Lipinski definition) is 4. The minimum absolute atomic E-state index is 0.266. The van der Waals surface area contributed by atoms with Crippen molar-refractivity contribution >= 4 is 34.7 Å².